The molecule has 0 saturated heterocycles. The Hall–Kier alpha value is -1.64. The smallest absolute Gasteiger partial charge is 0.338 e. The maximum absolute atomic E-state index is 12.9. The fourth-order valence-corrected chi connectivity index (χ4v) is 3.55. The lowest BCUT2D eigenvalue weighted by molar-refractivity contribution is -0.142. The zero-order chi connectivity index (χ0) is 18.2. The van der Waals surface area contributed by atoms with Crippen molar-refractivity contribution in [2.75, 3.05) is 0 Å². The zero-order valence-electron chi connectivity index (χ0n) is 15.9. The van der Waals surface area contributed by atoms with Gasteiger partial charge in [0.25, 0.3) is 0 Å². The summed E-state index contributed by atoms with van der Waals surface area (Å²) in [5.41, 5.74) is 3.90. The molecule has 2 saturated carbocycles. The van der Waals surface area contributed by atoms with Crippen molar-refractivity contribution < 1.29 is 14.3 Å². The molecule has 0 aliphatic heterocycles. The van der Waals surface area contributed by atoms with Crippen LogP contribution in [0.4, 0.5) is 0 Å². The number of ether oxygens (including phenoxy) is 1. The van der Waals surface area contributed by atoms with E-state index in [0.29, 0.717) is 17.6 Å². The van der Waals surface area contributed by atoms with E-state index in [2.05, 4.69) is 20.4 Å². The number of rotatable bonds is 4. The van der Waals surface area contributed by atoms with Gasteiger partial charge in [-0.2, -0.15) is 0 Å². The molecule has 24 heavy (non-hydrogen) atoms. The topological polar surface area (TPSA) is 43.4 Å². The van der Waals surface area contributed by atoms with Crippen LogP contribution in [-0.2, 0) is 14.3 Å². The SMILES string of the molecule is C=C1CC(C)(C)CC(=O)/C1=C(/C(C(=O)OC(C)C)=C(C)C)C1CC1. The molecule has 0 N–H and O–H groups in total. The molecule has 0 bridgehead atoms. The third-order valence-corrected chi connectivity index (χ3v) is 4.53. The molecular weight excluding hydrogens is 300 g/mol. The van der Waals surface area contributed by atoms with E-state index in [9.17, 15) is 9.59 Å². The average molecular weight is 330 g/mol. The van der Waals surface area contributed by atoms with Crippen LogP contribution in [0.3, 0.4) is 0 Å². The van der Waals surface area contributed by atoms with Gasteiger partial charge in [-0.3, -0.25) is 4.79 Å². The fraction of sp³-hybridized carbons (Fsp3) is 0.619. The zero-order valence-corrected chi connectivity index (χ0v) is 15.9. The van der Waals surface area contributed by atoms with Gasteiger partial charge in [-0.25, -0.2) is 4.79 Å². The van der Waals surface area contributed by atoms with Crippen molar-refractivity contribution in [3.8, 4) is 0 Å². The third kappa shape index (κ3) is 4.06. The van der Waals surface area contributed by atoms with Gasteiger partial charge in [-0.05, 0) is 69.4 Å². The van der Waals surface area contributed by atoms with Crippen LogP contribution < -0.4 is 0 Å². The summed E-state index contributed by atoms with van der Waals surface area (Å²) in [6.07, 6.45) is 3.16. The minimum atomic E-state index is -0.315. The van der Waals surface area contributed by atoms with Gasteiger partial charge in [0.1, 0.15) is 0 Å². The Morgan fingerprint density at radius 1 is 1.21 bits per heavy atom. The van der Waals surface area contributed by atoms with Crippen LogP contribution >= 0.6 is 0 Å². The summed E-state index contributed by atoms with van der Waals surface area (Å²) in [6, 6.07) is 0. The van der Waals surface area contributed by atoms with E-state index in [1.807, 2.05) is 27.7 Å². The van der Waals surface area contributed by atoms with Gasteiger partial charge in [-0.1, -0.05) is 26.0 Å². The molecule has 2 aliphatic rings. The molecule has 2 rings (SSSR count). The van der Waals surface area contributed by atoms with Gasteiger partial charge in [0.05, 0.1) is 11.7 Å². The number of carbonyl (C=O) groups is 2. The molecule has 0 spiro atoms. The number of allylic oxidation sites excluding steroid dienone is 3. The predicted molar refractivity (Wildman–Crippen MR) is 96.5 cm³/mol. The second-order valence-corrected chi connectivity index (χ2v) is 8.44. The van der Waals surface area contributed by atoms with Crippen LogP contribution in [0, 0.1) is 11.3 Å². The van der Waals surface area contributed by atoms with E-state index >= 15 is 0 Å². The average Bonchev–Trinajstić information content (AvgIpc) is 3.17. The molecule has 2 aliphatic carbocycles. The van der Waals surface area contributed by atoms with E-state index < -0.39 is 0 Å². The van der Waals surface area contributed by atoms with Crippen LogP contribution in [0.5, 0.6) is 0 Å². The third-order valence-electron chi connectivity index (χ3n) is 4.53. The van der Waals surface area contributed by atoms with Crippen molar-refractivity contribution >= 4 is 11.8 Å². The van der Waals surface area contributed by atoms with E-state index in [0.717, 1.165) is 36.0 Å². The summed E-state index contributed by atoms with van der Waals surface area (Å²) >= 11 is 0. The van der Waals surface area contributed by atoms with E-state index in [1.165, 1.54) is 0 Å². The second kappa shape index (κ2) is 6.70. The minimum absolute atomic E-state index is 0.0596. The quantitative estimate of drug-likeness (QED) is 0.542. The predicted octanol–water partition coefficient (Wildman–Crippen LogP) is 4.93. The molecular formula is C21H30O3. The number of Topliss-reactive ketones (excluding diaryl/α,β-unsaturated/α-hetero) is 1. The van der Waals surface area contributed by atoms with Crippen LogP contribution in [0.2, 0.25) is 0 Å². The summed E-state index contributed by atoms with van der Waals surface area (Å²) in [5.74, 6) is 0.0885. The summed E-state index contributed by atoms with van der Waals surface area (Å²) in [7, 11) is 0. The fourth-order valence-electron chi connectivity index (χ4n) is 3.55. The lowest BCUT2D eigenvalue weighted by atomic mass is 9.70. The number of hydrogen-bond acceptors (Lipinski definition) is 3. The largest absolute Gasteiger partial charge is 0.459 e. The summed E-state index contributed by atoms with van der Waals surface area (Å²) in [6.45, 7) is 15.9. The molecule has 0 aromatic heterocycles. The molecule has 2 fully saturated rings. The Bertz CT molecular complexity index is 614. The first kappa shape index (κ1) is 18.7. The van der Waals surface area contributed by atoms with Gasteiger partial charge in [0.2, 0.25) is 0 Å². The normalized spacial score (nSPS) is 22.5. The van der Waals surface area contributed by atoms with Gasteiger partial charge in [0.15, 0.2) is 5.78 Å². The second-order valence-electron chi connectivity index (χ2n) is 8.44. The first-order valence-corrected chi connectivity index (χ1v) is 8.88. The first-order chi connectivity index (χ1) is 11.0. The van der Waals surface area contributed by atoms with Crippen molar-refractivity contribution in [2.24, 2.45) is 11.3 Å². The number of esters is 1. The maximum atomic E-state index is 12.9. The molecule has 0 amide bonds. The standard InChI is InChI=1S/C21H30O3/c1-12(2)17(20(23)24-13(3)4)19(15-8-9-15)18-14(5)10-21(6,7)11-16(18)22/h13,15H,5,8-11H2,1-4,6-7H3/b19-18+. The lowest BCUT2D eigenvalue weighted by Gasteiger charge is -2.33. The number of carbonyl (C=O) groups excluding carboxylic acids is 2. The molecule has 3 heteroatoms. The Morgan fingerprint density at radius 3 is 2.21 bits per heavy atom. The summed E-state index contributed by atoms with van der Waals surface area (Å²) in [5, 5.41) is 0. The van der Waals surface area contributed by atoms with Crippen molar-refractivity contribution in [1.82, 2.24) is 0 Å². The van der Waals surface area contributed by atoms with Crippen molar-refractivity contribution in [2.45, 2.75) is 73.3 Å². The Balaban J connectivity index is 2.56. The molecule has 0 unspecified atom stereocenters. The molecule has 0 aromatic carbocycles. The van der Waals surface area contributed by atoms with Crippen molar-refractivity contribution in [3.05, 3.63) is 34.4 Å². The molecule has 0 atom stereocenters. The summed E-state index contributed by atoms with van der Waals surface area (Å²) in [4.78, 5) is 25.6. The number of ketones is 1. The molecule has 132 valence electrons. The highest BCUT2D eigenvalue weighted by Crippen LogP contribution is 2.48. The molecule has 3 nitrogen and oxygen atoms in total. The Morgan fingerprint density at radius 2 is 1.79 bits per heavy atom. The molecule has 0 aromatic rings. The highest BCUT2D eigenvalue weighted by molar-refractivity contribution is 6.06. The van der Waals surface area contributed by atoms with Gasteiger partial charge in [-0.15, -0.1) is 0 Å². The van der Waals surface area contributed by atoms with Gasteiger partial charge < -0.3 is 4.74 Å². The van der Waals surface area contributed by atoms with Gasteiger partial charge >= 0.3 is 5.97 Å². The Kier molecular flexibility index (Phi) is 5.22. The highest BCUT2D eigenvalue weighted by atomic mass is 16.5. The van der Waals surface area contributed by atoms with Gasteiger partial charge in [0, 0.05) is 12.0 Å². The van der Waals surface area contributed by atoms with E-state index in [4.69, 9.17) is 4.74 Å². The first-order valence-electron chi connectivity index (χ1n) is 8.88. The van der Waals surface area contributed by atoms with Crippen LogP contribution in [-0.4, -0.2) is 17.9 Å². The number of hydrogen-bond donors (Lipinski definition) is 0. The van der Waals surface area contributed by atoms with E-state index in [-0.39, 0.29) is 29.2 Å². The lowest BCUT2D eigenvalue weighted by Crippen LogP contribution is -2.28. The maximum Gasteiger partial charge on any atom is 0.338 e. The minimum Gasteiger partial charge on any atom is -0.459 e. The highest BCUT2D eigenvalue weighted by Gasteiger charge is 2.40. The molecule has 0 radical (unpaired) electrons. The van der Waals surface area contributed by atoms with Crippen molar-refractivity contribution in [3.63, 3.8) is 0 Å². The Labute approximate surface area is 145 Å². The van der Waals surface area contributed by atoms with E-state index in [1.54, 1.807) is 0 Å². The molecule has 0 heterocycles. The monoisotopic (exact) mass is 330 g/mol. The summed E-state index contributed by atoms with van der Waals surface area (Å²) < 4.78 is 5.46. The van der Waals surface area contributed by atoms with Crippen LogP contribution in [0.25, 0.3) is 0 Å². The van der Waals surface area contributed by atoms with Crippen LogP contribution in [0.15, 0.2) is 34.4 Å². The van der Waals surface area contributed by atoms with Crippen LogP contribution in [0.1, 0.15) is 67.2 Å². The van der Waals surface area contributed by atoms with Crippen molar-refractivity contribution in [1.29, 1.82) is 0 Å².